The molecule has 142 valence electrons. The van der Waals surface area contributed by atoms with Crippen molar-refractivity contribution in [3.05, 3.63) is 35.3 Å². The van der Waals surface area contributed by atoms with Gasteiger partial charge in [0.05, 0.1) is 18.3 Å². The van der Waals surface area contributed by atoms with Crippen LogP contribution in [0, 0.1) is 5.82 Å². The minimum absolute atomic E-state index is 0.00515. The maximum absolute atomic E-state index is 13.3. The van der Waals surface area contributed by atoms with Gasteiger partial charge in [-0.15, -0.1) is 0 Å². The number of amidine groups is 1. The van der Waals surface area contributed by atoms with Crippen LogP contribution in [0.2, 0.25) is 0 Å². The van der Waals surface area contributed by atoms with Crippen LogP contribution in [0.5, 0.6) is 0 Å². The summed E-state index contributed by atoms with van der Waals surface area (Å²) in [5.41, 5.74) is -1.87. The predicted molar refractivity (Wildman–Crippen MR) is 81.5 cm³/mol. The Morgan fingerprint density at radius 3 is 2.69 bits per heavy atom. The number of aliphatic hydroxyl groups is 2. The van der Waals surface area contributed by atoms with E-state index in [1.807, 2.05) is 0 Å². The van der Waals surface area contributed by atoms with Gasteiger partial charge in [-0.1, -0.05) is 16.9 Å². The molecule has 4 N–H and O–H groups in total. The molecule has 2 rings (SSSR count). The Labute approximate surface area is 147 Å². The second kappa shape index (κ2) is 8.33. The zero-order valence-electron chi connectivity index (χ0n) is 12.7. The molecular weight excluding hydrogens is 384 g/mol. The Morgan fingerprint density at radius 1 is 1.35 bits per heavy atom. The molecule has 0 saturated carbocycles. The Kier molecular flexibility index (Phi) is 6.39. The SMILES string of the molecule is OC[C@H](O)CSc1nonc1/C(=N/O)Nc1ccc(F)c(C(F)(F)F)c1. The summed E-state index contributed by atoms with van der Waals surface area (Å²) in [5.74, 6) is -1.86. The zero-order valence-corrected chi connectivity index (χ0v) is 13.6. The predicted octanol–water partition coefficient (Wildman–Crippen LogP) is 1.92. The van der Waals surface area contributed by atoms with Gasteiger partial charge >= 0.3 is 6.18 Å². The van der Waals surface area contributed by atoms with Crippen molar-refractivity contribution in [2.24, 2.45) is 5.16 Å². The van der Waals surface area contributed by atoms with Crippen LogP contribution >= 0.6 is 11.8 Å². The first-order valence-electron chi connectivity index (χ1n) is 6.86. The zero-order chi connectivity index (χ0) is 19.3. The Hall–Kier alpha value is -2.38. The first-order chi connectivity index (χ1) is 12.3. The number of nitrogens with one attached hydrogen (secondary N) is 1. The summed E-state index contributed by atoms with van der Waals surface area (Å²) in [7, 11) is 0. The van der Waals surface area contributed by atoms with Gasteiger partial charge in [0.2, 0.25) is 5.84 Å². The van der Waals surface area contributed by atoms with Crippen LogP contribution in [0.15, 0.2) is 33.0 Å². The van der Waals surface area contributed by atoms with Crippen molar-refractivity contribution in [1.82, 2.24) is 10.3 Å². The van der Waals surface area contributed by atoms with Crippen LogP contribution in [0.4, 0.5) is 23.2 Å². The molecule has 1 aromatic carbocycles. The molecule has 8 nitrogen and oxygen atoms in total. The Morgan fingerprint density at radius 2 is 2.08 bits per heavy atom. The van der Waals surface area contributed by atoms with E-state index in [0.29, 0.717) is 12.1 Å². The third kappa shape index (κ3) is 4.83. The molecule has 1 heterocycles. The van der Waals surface area contributed by atoms with Gasteiger partial charge in [0, 0.05) is 11.4 Å². The third-order valence-electron chi connectivity index (χ3n) is 2.94. The molecule has 1 atom stereocenters. The third-order valence-corrected chi connectivity index (χ3v) is 4.03. The van der Waals surface area contributed by atoms with Crippen molar-refractivity contribution in [3.63, 3.8) is 0 Å². The quantitative estimate of drug-likeness (QED) is 0.146. The largest absolute Gasteiger partial charge is 0.419 e. The number of hydrogen-bond donors (Lipinski definition) is 4. The minimum atomic E-state index is -4.91. The Bertz CT molecular complexity index is 784. The number of hydrogen-bond acceptors (Lipinski definition) is 8. The van der Waals surface area contributed by atoms with Crippen LogP contribution in [-0.4, -0.2) is 50.0 Å². The van der Waals surface area contributed by atoms with E-state index < -0.39 is 36.1 Å². The van der Waals surface area contributed by atoms with E-state index in [1.54, 1.807) is 0 Å². The fourth-order valence-corrected chi connectivity index (χ4v) is 2.55. The molecule has 26 heavy (non-hydrogen) atoms. The minimum Gasteiger partial charge on any atom is -0.409 e. The fourth-order valence-electron chi connectivity index (χ4n) is 1.74. The van der Waals surface area contributed by atoms with E-state index in [-0.39, 0.29) is 22.2 Å². The van der Waals surface area contributed by atoms with E-state index in [9.17, 15) is 22.7 Å². The summed E-state index contributed by atoms with van der Waals surface area (Å²) in [6.45, 7) is -0.497. The van der Waals surface area contributed by atoms with Crippen LogP contribution < -0.4 is 5.32 Å². The standard InChI is InChI=1S/C13H12F4N4O4S/c14-9-2-1-6(3-8(9)13(15,16)17)18-11(19-24)10-12(21-25-20-10)26-5-7(23)4-22/h1-3,7,22-24H,4-5H2,(H,18,19)/t7-/m0/s1. The summed E-state index contributed by atoms with van der Waals surface area (Å²) < 4.78 is 56.1. The normalized spacial score (nSPS) is 13.7. The summed E-state index contributed by atoms with van der Waals surface area (Å²) in [5, 5.41) is 39.5. The van der Waals surface area contributed by atoms with E-state index in [4.69, 9.17) is 10.3 Å². The van der Waals surface area contributed by atoms with Gasteiger partial charge in [-0.2, -0.15) is 13.2 Å². The van der Waals surface area contributed by atoms with Gasteiger partial charge in [0.1, 0.15) is 5.82 Å². The molecule has 1 aromatic heterocycles. The van der Waals surface area contributed by atoms with Gasteiger partial charge in [-0.05, 0) is 28.5 Å². The highest BCUT2D eigenvalue weighted by atomic mass is 32.2. The highest BCUT2D eigenvalue weighted by Gasteiger charge is 2.34. The highest BCUT2D eigenvalue weighted by molar-refractivity contribution is 7.99. The number of alkyl halides is 3. The molecule has 0 aliphatic heterocycles. The molecule has 0 amide bonds. The molecule has 0 unspecified atom stereocenters. The molecule has 0 spiro atoms. The molecule has 0 aliphatic carbocycles. The second-order valence-corrected chi connectivity index (χ2v) is 5.84. The second-order valence-electron chi connectivity index (χ2n) is 4.83. The number of halogens is 4. The van der Waals surface area contributed by atoms with E-state index in [0.717, 1.165) is 17.8 Å². The number of aliphatic hydroxyl groups excluding tert-OH is 2. The van der Waals surface area contributed by atoms with Gasteiger partial charge < -0.3 is 20.7 Å². The van der Waals surface area contributed by atoms with Gasteiger partial charge in [-0.25, -0.2) is 9.02 Å². The van der Waals surface area contributed by atoms with Crippen molar-refractivity contribution in [1.29, 1.82) is 0 Å². The van der Waals surface area contributed by atoms with E-state index in [1.165, 1.54) is 0 Å². The fraction of sp³-hybridized carbons (Fsp3) is 0.308. The average molecular weight is 396 g/mol. The van der Waals surface area contributed by atoms with Crippen molar-refractivity contribution < 1.29 is 37.6 Å². The average Bonchev–Trinajstić information content (AvgIpc) is 3.06. The molecule has 13 heteroatoms. The number of oxime groups is 1. The molecule has 0 aliphatic rings. The van der Waals surface area contributed by atoms with Gasteiger partial charge in [0.25, 0.3) is 0 Å². The number of anilines is 1. The molecule has 0 fully saturated rings. The first kappa shape index (κ1) is 19.9. The molecule has 0 saturated heterocycles. The van der Waals surface area contributed by atoms with Crippen molar-refractivity contribution >= 4 is 23.3 Å². The molecule has 2 aromatic rings. The van der Waals surface area contributed by atoms with E-state index >= 15 is 0 Å². The number of thioether (sulfide) groups is 1. The first-order valence-corrected chi connectivity index (χ1v) is 7.85. The highest BCUT2D eigenvalue weighted by Crippen LogP contribution is 2.33. The van der Waals surface area contributed by atoms with Crippen molar-refractivity contribution in [3.8, 4) is 0 Å². The van der Waals surface area contributed by atoms with E-state index in [2.05, 4.69) is 25.4 Å². The monoisotopic (exact) mass is 396 g/mol. The lowest BCUT2D eigenvalue weighted by molar-refractivity contribution is -0.139. The van der Waals surface area contributed by atoms with Crippen LogP contribution in [0.3, 0.4) is 0 Å². The molecule has 0 bridgehead atoms. The van der Waals surface area contributed by atoms with Crippen LogP contribution in [0.25, 0.3) is 0 Å². The molecule has 0 radical (unpaired) electrons. The smallest absolute Gasteiger partial charge is 0.409 e. The lowest BCUT2D eigenvalue weighted by atomic mass is 10.1. The summed E-state index contributed by atoms with van der Waals surface area (Å²) >= 11 is 0.901. The summed E-state index contributed by atoms with van der Waals surface area (Å²) in [6.07, 6.45) is -5.96. The van der Waals surface area contributed by atoms with Crippen LogP contribution in [-0.2, 0) is 6.18 Å². The lowest BCUT2D eigenvalue weighted by Gasteiger charge is -2.11. The maximum atomic E-state index is 13.3. The number of nitrogens with zero attached hydrogens (tertiary/aromatic N) is 3. The maximum Gasteiger partial charge on any atom is 0.419 e. The number of rotatable bonds is 6. The number of benzene rings is 1. The number of aromatic nitrogens is 2. The van der Waals surface area contributed by atoms with Crippen molar-refractivity contribution in [2.45, 2.75) is 17.3 Å². The molecular formula is C13H12F4N4O4S. The van der Waals surface area contributed by atoms with Crippen molar-refractivity contribution in [2.75, 3.05) is 17.7 Å². The van der Waals surface area contributed by atoms with Gasteiger partial charge in [0.15, 0.2) is 10.7 Å². The topological polar surface area (TPSA) is 124 Å². The van der Waals surface area contributed by atoms with Gasteiger partial charge in [-0.3, -0.25) is 0 Å². The van der Waals surface area contributed by atoms with Crippen LogP contribution in [0.1, 0.15) is 11.3 Å². The Balaban J connectivity index is 2.23. The lowest BCUT2D eigenvalue weighted by Crippen LogP contribution is -2.18. The summed E-state index contributed by atoms with van der Waals surface area (Å²) in [4.78, 5) is 0. The summed E-state index contributed by atoms with van der Waals surface area (Å²) in [6, 6.07) is 2.11.